The second-order valence-electron chi connectivity index (χ2n) is 6.87. The number of Topliss-reactive ketones (excluding diaryl/α,β-unsaturated/α-hetero) is 1. The van der Waals surface area contributed by atoms with Gasteiger partial charge in [-0.1, -0.05) is 23.7 Å². The minimum absolute atomic E-state index is 0.0636. The number of nitrogens with zero attached hydrogens (tertiary/aromatic N) is 4. The number of carbonyl (C=O) groups is 1. The Morgan fingerprint density at radius 3 is 2.75 bits per heavy atom. The fourth-order valence-corrected chi connectivity index (χ4v) is 3.59. The molecular weight excluding hydrogens is 376 g/mol. The summed E-state index contributed by atoms with van der Waals surface area (Å²) >= 11 is 6.02. The number of benzene rings is 1. The maximum absolute atomic E-state index is 12.8. The third-order valence-corrected chi connectivity index (χ3v) is 5.22. The number of rotatable bonds is 4. The fourth-order valence-electron chi connectivity index (χ4n) is 3.40. The molecule has 0 radical (unpaired) electrons. The molecule has 0 saturated heterocycles. The Morgan fingerprint density at radius 2 is 2.00 bits per heavy atom. The largest absolute Gasteiger partial charge is 0.332 e. The summed E-state index contributed by atoms with van der Waals surface area (Å²) in [5, 5.41) is 0.521. The van der Waals surface area contributed by atoms with Gasteiger partial charge in [0.2, 0.25) is 5.95 Å². The Balaban J connectivity index is 1.73. The van der Waals surface area contributed by atoms with Gasteiger partial charge >= 0.3 is 0 Å². The molecule has 0 fully saturated rings. The van der Waals surface area contributed by atoms with Gasteiger partial charge in [-0.15, -0.1) is 0 Å². The molecule has 142 valence electrons. The van der Waals surface area contributed by atoms with Crippen LogP contribution in [0.4, 0.5) is 5.95 Å². The lowest BCUT2D eigenvalue weighted by Crippen LogP contribution is -2.46. The van der Waals surface area contributed by atoms with Gasteiger partial charge in [0.15, 0.2) is 5.78 Å². The highest BCUT2D eigenvalue weighted by atomic mass is 35.5. The minimum Gasteiger partial charge on any atom is -0.332 e. The van der Waals surface area contributed by atoms with Crippen LogP contribution < -0.4 is 10.5 Å². The van der Waals surface area contributed by atoms with E-state index in [4.69, 9.17) is 16.6 Å². The Kier molecular flexibility index (Phi) is 4.96. The van der Waals surface area contributed by atoms with Crippen molar-refractivity contribution in [3.63, 3.8) is 0 Å². The second-order valence-corrected chi connectivity index (χ2v) is 7.30. The smallest absolute Gasteiger partial charge is 0.255 e. The summed E-state index contributed by atoms with van der Waals surface area (Å²) in [6, 6.07) is 12.1. The van der Waals surface area contributed by atoms with Gasteiger partial charge in [-0.2, -0.15) is 0 Å². The van der Waals surface area contributed by atoms with Crippen LogP contribution >= 0.6 is 11.6 Å². The van der Waals surface area contributed by atoms with Gasteiger partial charge in [0.05, 0.1) is 12.2 Å². The molecule has 3 aromatic rings. The molecule has 0 amide bonds. The minimum atomic E-state index is -0.121. The van der Waals surface area contributed by atoms with Crippen molar-refractivity contribution in [1.29, 1.82) is 0 Å². The first kappa shape index (κ1) is 18.4. The topological polar surface area (TPSA) is 68.1 Å². The molecule has 1 unspecified atom stereocenters. The third kappa shape index (κ3) is 3.55. The highest BCUT2D eigenvalue weighted by molar-refractivity contribution is 6.31. The molecule has 0 N–H and O–H groups in total. The highest BCUT2D eigenvalue weighted by Crippen LogP contribution is 2.25. The van der Waals surface area contributed by atoms with Crippen molar-refractivity contribution in [3.05, 3.63) is 75.8 Å². The predicted molar refractivity (Wildman–Crippen MR) is 109 cm³/mol. The molecule has 1 aliphatic rings. The maximum atomic E-state index is 12.8. The summed E-state index contributed by atoms with van der Waals surface area (Å²) in [5.74, 6) is 0.458. The van der Waals surface area contributed by atoms with Crippen LogP contribution in [-0.2, 0) is 6.54 Å². The van der Waals surface area contributed by atoms with E-state index in [1.165, 1.54) is 6.07 Å². The predicted octanol–water partition coefficient (Wildman–Crippen LogP) is 3.44. The zero-order chi connectivity index (χ0) is 19.7. The van der Waals surface area contributed by atoms with E-state index < -0.39 is 0 Å². The van der Waals surface area contributed by atoms with Crippen LogP contribution in [0.2, 0.25) is 5.02 Å². The van der Waals surface area contributed by atoms with Crippen LogP contribution in [0.5, 0.6) is 0 Å². The molecule has 0 saturated carbocycles. The Morgan fingerprint density at radius 1 is 1.21 bits per heavy atom. The fraction of sp³-hybridized carbons (Fsp3) is 0.238. The van der Waals surface area contributed by atoms with Gasteiger partial charge in [0, 0.05) is 47.2 Å². The van der Waals surface area contributed by atoms with Crippen molar-refractivity contribution >= 4 is 23.3 Å². The van der Waals surface area contributed by atoms with Crippen molar-refractivity contribution in [2.75, 3.05) is 11.4 Å². The molecule has 1 atom stereocenters. The van der Waals surface area contributed by atoms with Gasteiger partial charge in [-0.05, 0) is 37.6 Å². The van der Waals surface area contributed by atoms with Gasteiger partial charge in [-0.3, -0.25) is 19.1 Å². The van der Waals surface area contributed by atoms with Crippen molar-refractivity contribution in [1.82, 2.24) is 14.5 Å². The zero-order valence-corrected chi connectivity index (χ0v) is 16.1. The van der Waals surface area contributed by atoms with E-state index in [1.807, 2.05) is 24.0 Å². The Labute approximate surface area is 167 Å². The van der Waals surface area contributed by atoms with Crippen LogP contribution in [-0.4, -0.2) is 32.9 Å². The van der Waals surface area contributed by atoms with E-state index >= 15 is 0 Å². The van der Waals surface area contributed by atoms with Crippen LogP contribution in [0.1, 0.15) is 23.7 Å². The molecule has 6 nitrogen and oxygen atoms in total. The number of ketones is 1. The van der Waals surface area contributed by atoms with Crippen LogP contribution in [0, 0.1) is 0 Å². The van der Waals surface area contributed by atoms with Crippen LogP contribution in [0.25, 0.3) is 11.3 Å². The first-order valence-electron chi connectivity index (χ1n) is 9.10. The zero-order valence-electron chi connectivity index (χ0n) is 15.4. The molecule has 1 aromatic carbocycles. The molecule has 4 rings (SSSR count). The number of hydrogen-bond acceptors (Lipinski definition) is 5. The number of anilines is 1. The number of carbonyl (C=O) groups excluding carboxylic acids is 1. The lowest BCUT2D eigenvalue weighted by atomic mass is 10.1. The average Bonchev–Trinajstić information content (AvgIpc) is 2.70. The molecule has 0 aliphatic carbocycles. The normalized spacial score (nSPS) is 15.9. The van der Waals surface area contributed by atoms with Gasteiger partial charge in [0.25, 0.3) is 5.56 Å². The van der Waals surface area contributed by atoms with Crippen LogP contribution in [0.15, 0.2) is 59.7 Å². The van der Waals surface area contributed by atoms with Crippen molar-refractivity contribution in [3.8, 4) is 11.3 Å². The van der Waals surface area contributed by atoms with Gasteiger partial charge in [0.1, 0.15) is 0 Å². The van der Waals surface area contributed by atoms with E-state index in [9.17, 15) is 9.59 Å². The molecule has 1 aliphatic heterocycles. The number of halogens is 1. The first-order chi connectivity index (χ1) is 13.5. The SMILES string of the molecule is CC1CCn2c(nc(-c3ccncc3)cc2=O)N1CC(=O)c1cccc(Cl)c1. The Hall–Kier alpha value is -2.99. The van der Waals surface area contributed by atoms with E-state index in [1.54, 1.807) is 41.2 Å². The van der Waals surface area contributed by atoms with Crippen molar-refractivity contribution < 1.29 is 4.79 Å². The van der Waals surface area contributed by atoms with Crippen molar-refractivity contribution in [2.45, 2.75) is 25.9 Å². The van der Waals surface area contributed by atoms with Gasteiger partial charge < -0.3 is 4.90 Å². The average molecular weight is 395 g/mol. The summed E-state index contributed by atoms with van der Waals surface area (Å²) in [6.45, 7) is 2.76. The quantitative estimate of drug-likeness (QED) is 0.634. The summed E-state index contributed by atoms with van der Waals surface area (Å²) in [4.78, 5) is 36.2. The molecule has 28 heavy (non-hydrogen) atoms. The number of fused-ring (bicyclic) bond motifs is 1. The maximum Gasteiger partial charge on any atom is 0.255 e. The first-order valence-corrected chi connectivity index (χ1v) is 9.48. The lowest BCUT2D eigenvalue weighted by Gasteiger charge is -2.36. The van der Waals surface area contributed by atoms with Crippen molar-refractivity contribution in [2.24, 2.45) is 0 Å². The molecule has 7 heteroatoms. The van der Waals surface area contributed by atoms with Gasteiger partial charge in [-0.25, -0.2) is 4.98 Å². The standard InChI is InChI=1S/C21H19ClN4O2/c1-14-7-10-25-20(28)12-18(15-5-8-23-9-6-15)24-21(25)26(14)13-19(27)16-3-2-4-17(22)11-16/h2-6,8-9,11-12,14H,7,10,13H2,1H3. The third-order valence-electron chi connectivity index (χ3n) is 4.98. The summed E-state index contributed by atoms with van der Waals surface area (Å²) in [5.41, 5.74) is 1.82. The molecule has 0 spiro atoms. The molecule has 0 bridgehead atoms. The van der Waals surface area contributed by atoms with E-state index in [-0.39, 0.29) is 23.9 Å². The number of aromatic nitrogens is 3. The Bertz CT molecular complexity index is 1080. The monoisotopic (exact) mass is 394 g/mol. The molecular formula is C21H19ClN4O2. The highest BCUT2D eigenvalue weighted by Gasteiger charge is 2.28. The van der Waals surface area contributed by atoms with E-state index in [0.717, 1.165) is 12.0 Å². The summed E-state index contributed by atoms with van der Waals surface area (Å²) in [7, 11) is 0. The number of hydrogen-bond donors (Lipinski definition) is 0. The molecule has 2 aromatic heterocycles. The second kappa shape index (κ2) is 7.56. The number of pyridine rings is 1. The van der Waals surface area contributed by atoms with E-state index in [0.29, 0.717) is 28.8 Å². The van der Waals surface area contributed by atoms with Crippen LogP contribution in [0.3, 0.4) is 0 Å². The summed E-state index contributed by atoms with van der Waals surface area (Å²) in [6.07, 6.45) is 4.10. The molecule has 3 heterocycles. The lowest BCUT2D eigenvalue weighted by molar-refractivity contribution is 0.0994. The summed E-state index contributed by atoms with van der Waals surface area (Å²) < 4.78 is 1.63. The van der Waals surface area contributed by atoms with E-state index in [2.05, 4.69) is 4.98 Å².